The van der Waals surface area contributed by atoms with Crippen molar-refractivity contribution in [3.8, 4) is 5.75 Å². The standard InChI is InChI=1S/C16H25NO2/c1-4-9-18-14-7-5-13(6-8-14)15-10-17-11-16(2,3)12-19-15/h5-8,15,17H,4,9-12H2,1-3H3. The van der Waals surface area contributed by atoms with Gasteiger partial charge < -0.3 is 14.8 Å². The Kier molecular flexibility index (Phi) is 4.83. The predicted molar refractivity (Wildman–Crippen MR) is 77.6 cm³/mol. The number of rotatable bonds is 4. The van der Waals surface area contributed by atoms with E-state index in [0.29, 0.717) is 0 Å². The molecule has 1 atom stereocenters. The van der Waals surface area contributed by atoms with E-state index in [2.05, 4.69) is 38.2 Å². The Morgan fingerprint density at radius 2 is 2.05 bits per heavy atom. The van der Waals surface area contributed by atoms with Gasteiger partial charge in [0.25, 0.3) is 0 Å². The van der Waals surface area contributed by atoms with Gasteiger partial charge in [0, 0.05) is 18.5 Å². The van der Waals surface area contributed by atoms with Gasteiger partial charge in [-0.1, -0.05) is 32.9 Å². The third kappa shape index (κ3) is 4.22. The summed E-state index contributed by atoms with van der Waals surface area (Å²) in [6.45, 7) is 10.0. The van der Waals surface area contributed by atoms with Gasteiger partial charge in [-0.05, 0) is 24.1 Å². The fourth-order valence-corrected chi connectivity index (χ4v) is 2.19. The zero-order valence-corrected chi connectivity index (χ0v) is 12.2. The molecule has 0 bridgehead atoms. The molecule has 1 fully saturated rings. The van der Waals surface area contributed by atoms with Crippen LogP contribution in [0.2, 0.25) is 0 Å². The molecule has 1 heterocycles. The average molecular weight is 263 g/mol. The molecule has 106 valence electrons. The molecule has 3 heteroatoms. The lowest BCUT2D eigenvalue weighted by Crippen LogP contribution is -2.29. The third-order valence-corrected chi connectivity index (χ3v) is 3.33. The summed E-state index contributed by atoms with van der Waals surface area (Å²) in [5.41, 5.74) is 1.42. The molecule has 1 unspecified atom stereocenters. The summed E-state index contributed by atoms with van der Waals surface area (Å²) in [6, 6.07) is 8.28. The Morgan fingerprint density at radius 3 is 2.74 bits per heavy atom. The molecule has 0 spiro atoms. The highest BCUT2D eigenvalue weighted by Crippen LogP contribution is 2.26. The van der Waals surface area contributed by atoms with E-state index in [1.54, 1.807) is 0 Å². The van der Waals surface area contributed by atoms with Crippen molar-refractivity contribution < 1.29 is 9.47 Å². The highest BCUT2D eigenvalue weighted by Gasteiger charge is 2.25. The normalized spacial score (nSPS) is 22.8. The van der Waals surface area contributed by atoms with E-state index in [-0.39, 0.29) is 11.5 Å². The molecule has 0 aromatic heterocycles. The first-order chi connectivity index (χ1) is 9.11. The minimum Gasteiger partial charge on any atom is -0.494 e. The van der Waals surface area contributed by atoms with Gasteiger partial charge >= 0.3 is 0 Å². The molecular weight excluding hydrogens is 238 g/mol. The fourth-order valence-electron chi connectivity index (χ4n) is 2.19. The van der Waals surface area contributed by atoms with Crippen LogP contribution in [-0.4, -0.2) is 26.3 Å². The van der Waals surface area contributed by atoms with Gasteiger partial charge in [0.15, 0.2) is 0 Å². The topological polar surface area (TPSA) is 30.5 Å². The van der Waals surface area contributed by atoms with E-state index in [4.69, 9.17) is 9.47 Å². The van der Waals surface area contributed by atoms with E-state index in [1.165, 1.54) is 5.56 Å². The summed E-state index contributed by atoms with van der Waals surface area (Å²) < 4.78 is 11.6. The number of hydrogen-bond donors (Lipinski definition) is 1. The summed E-state index contributed by atoms with van der Waals surface area (Å²) in [4.78, 5) is 0. The van der Waals surface area contributed by atoms with Crippen LogP contribution in [0.5, 0.6) is 5.75 Å². The quantitative estimate of drug-likeness (QED) is 0.905. The summed E-state index contributed by atoms with van der Waals surface area (Å²) in [7, 11) is 0. The second kappa shape index (κ2) is 6.40. The monoisotopic (exact) mass is 263 g/mol. The van der Waals surface area contributed by atoms with E-state index >= 15 is 0 Å². The van der Waals surface area contributed by atoms with Gasteiger partial charge in [-0.2, -0.15) is 0 Å². The van der Waals surface area contributed by atoms with Crippen LogP contribution in [0.4, 0.5) is 0 Å². The van der Waals surface area contributed by atoms with Crippen LogP contribution in [0.15, 0.2) is 24.3 Å². The molecule has 0 radical (unpaired) electrons. The Balaban J connectivity index is 1.97. The summed E-state index contributed by atoms with van der Waals surface area (Å²) >= 11 is 0. The lowest BCUT2D eigenvalue weighted by atomic mass is 9.95. The van der Waals surface area contributed by atoms with Crippen LogP contribution in [0.3, 0.4) is 0 Å². The van der Waals surface area contributed by atoms with Crippen LogP contribution in [-0.2, 0) is 4.74 Å². The van der Waals surface area contributed by atoms with Gasteiger partial charge in [-0.15, -0.1) is 0 Å². The molecule has 0 aliphatic carbocycles. The van der Waals surface area contributed by atoms with Crippen molar-refractivity contribution in [1.82, 2.24) is 5.32 Å². The SMILES string of the molecule is CCCOc1ccc(C2CNCC(C)(C)CO2)cc1. The van der Waals surface area contributed by atoms with Crippen LogP contribution in [0, 0.1) is 5.41 Å². The molecule has 1 aromatic rings. The zero-order chi connectivity index (χ0) is 13.7. The lowest BCUT2D eigenvalue weighted by Gasteiger charge is -2.21. The number of hydrogen-bond acceptors (Lipinski definition) is 3. The Bertz CT molecular complexity index is 386. The second-order valence-electron chi connectivity index (χ2n) is 6.01. The first-order valence-corrected chi connectivity index (χ1v) is 7.16. The fraction of sp³-hybridized carbons (Fsp3) is 0.625. The molecule has 1 aromatic carbocycles. The Hall–Kier alpha value is -1.06. The van der Waals surface area contributed by atoms with Crippen molar-refractivity contribution in [1.29, 1.82) is 0 Å². The Labute approximate surface area is 116 Å². The van der Waals surface area contributed by atoms with Crippen molar-refractivity contribution in [2.24, 2.45) is 5.41 Å². The van der Waals surface area contributed by atoms with Gasteiger partial charge in [-0.3, -0.25) is 0 Å². The number of benzene rings is 1. The van der Waals surface area contributed by atoms with E-state index in [0.717, 1.165) is 38.5 Å². The van der Waals surface area contributed by atoms with Crippen LogP contribution < -0.4 is 10.1 Å². The third-order valence-electron chi connectivity index (χ3n) is 3.33. The molecule has 3 nitrogen and oxygen atoms in total. The van der Waals surface area contributed by atoms with E-state index in [1.807, 2.05) is 12.1 Å². The summed E-state index contributed by atoms with van der Waals surface area (Å²) in [5, 5.41) is 3.48. The van der Waals surface area contributed by atoms with Gasteiger partial charge in [-0.25, -0.2) is 0 Å². The highest BCUT2D eigenvalue weighted by atomic mass is 16.5. The second-order valence-corrected chi connectivity index (χ2v) is 6.01. The van der Waals surface area contributed by atoms with Gasteiger partial charge in [0.2, 0.25) is 0 Å². The van der Waals surface area contributed by atoms with Crippen LogP contribution in [0.1, 0.15) is 38.9 Å². The maximum Gasteiger partial charge on any atom is 0.119 e. The minimum atomic E-state index is 0.141. The van der Waals surface area contributed by atoms with Gasteiger partial charge in [0.05, 0.1) is 19.3 Å². The molecular formula is C16H25NO2. The van der Waals surface area contributed by atoms with Crippen molar-refractivity contribution in [2.45, 2.75) is 33.3 Å². The summed E-state index contributed by atoms with van der Waals surface area (Å²) in [5.74, 6) is 0.938. The number of ether oxygens (including phenoxy) is 2. The van der Waals surface area contributed by atoms with E-state index < -0.39 is 0 Å². The molecule has 1 aliphatic rings. The molecule has 1 saturated heterocycles. The molecule has 1 N–H and O–H groups in total. The van der Waals surface area contributed by atoms with Gasteiger partial charge in [0.1, 0.15) is 5.75 Å². The first-order valence-electron chi connectivity index (χ1n) is 7.16. The molecule has 2 rings (SSSR count). The molecule has 19 heavy (non-hydrogen) atoms. The largest absolute Gasteiger partial charge is 0.494 e. The maximum absolute atomic E-state index is 6.02. The van der Waals surface area contributed by atoms with Crippen molar-refractivity contribution in [2.75, 3.05) is 26.3 Å². The smallest absolute Gasteiger partial charge is 0.119 e. The molecule has 1 aliphatic heterocycles. The minimum absolute atomic E-state index is 0.141. The van der Waals surface area contributed by atoms with Crippen LogP contribution in [0.25, 0.3) is 0 Å². The lowest BCUT2D eigenvalue weighted by molar-refractivity contribution is 0.0260. The Morgan fingerprint density at radius 1 is 1.32 bits per heavy atom. The summed E-state index contributed by atoms with van der Waals surface area (Å²) in [6.07, 6.45) is 1.17. The average Bonchev–Trinajstić information content (AvgIpc) is 2.58. The zero-order valence-electron chi connectivity index (χ0n) is 12.2. The molecule has 0 saturated carbocycles. The van der Waals surface area contributed by atoms with E-state index in [9.17, 15) is 0 Å². The van der Waals surface area contributed by atoms with Crippen LogP contribution >= 0.6 is 0 Å². The predicted octanol–water partition coefficient (Wildman–Crippen LogP) is 3.16. The first kappa shape index (κ1) is 14.4. The van der Waals surface area contributed by atoms with Crippen molar-refractivity contribution in [3.05, 3.63) is 29.8 Å². The highest BCUT2D eigenvalue weighted by molar-refractivity contribution is 5.29. The number of nitrogens with one attached hydrogen (secondary N) is 1. The maximum atomic E-state index is 6.02. The van der Waals surface area contributed by atoms with Crippen molar-refractivity contribution in [3.63, 3.8) is 0 Å². The molecule has 0 amide bonds. The van der Waals surface area contributed by atoms with Crippen molar-refractivity contribution >= 4 is 0 Å².